The fourth-order valence-electron chi connectivity index (χ4n) is 3.09. The van der Waals surface area contributed by atoms with Crippen LogP contribution >= 0.6 is 0 Å². The van der Waals surface area contributed by atoms with E-state index in [-0.39, 0.29) is 11.3 Å². The first kappa shape index (κ1) is 16.0. The molecule has 1 N–H and O–H groups in total. The van der Waals surface area contributed by atoms with Gasteiger partial charge < -0.3 is 10.0 Å². The Bertz CT molecular complexity index is 464. The largest absolute Gasteiger partial charge is 0.387 e. The van der Waals surface area contributed by atoms with E-state index in [1.165, 1.54) is 0 Å². The fraction of sp³-hybridized carbons (Fsp3) is 0.611. The summed E-state index contributed by atoms with van der Waals surface area (Å²) < 4.78 is 0. The Hall–Kier alpha value is -1.35. The Labute approximate surface area is 128 Å². The summed E-state index contributed by atoms with van der Waals surface area (Å²) in [7, 11) is 0. The summed E-state index contributed by atoms with van der Waals surface area (Å²) in [5, 5.41) is 10.3. The molecule has 2 rings (SSSR count). The highest BCUT2D eigenvalue weighted by atomic mass is 16.3. The summed E-state index contributed by atoms with van der Waals surface area (Å²) in [5.74, 6) is 0.747. The van der Waals surface area contributed by atoms with Gasteiger partial charge in [0.2, 0.25) is 5.91 Å². The number of nitrogens with zero attached hydrogens (tertiary/aromatic N) is 1. The Kier molecular flexibility index (Phi) is 5.04. The number of amides is 1. The first-order valence-electron chi connectivity index (χ1n) is 7.88. The molecular weight excluding hydrogens is 262 g/mol. The summed E-state index contributed by atoms with van der Waals surface area (Å²) in [4.78, 5) is 14.1. The van der Waals surface area contributed by atoms with Crippen LogP contribution in [-0.4, -0.2) is 29.0 Å². The van der Waals surface area contributed by atoms with E-state index in [2.05, 4.69) is 20.8 Å². The van der Waals surface area contributed by atoms with Gasteiger partial charge in [-0.3, -0.25) is 4.79 Å². The number of rotatable bonds is 3. The van der Waals surface area contributed by atoms with Crippen LogP contribution in [0.15, 0.2) is 30.3 Å². The highest BCUT2D eigenvalue weighted by molar-refractivity contribution is 5.76. The van der Waals surface area contributed by atoms with Crippen molar-refractivity contribution < 1.29 is 9.90 Å². The van der Waals surface area contributed by atoms with E-state index < -0.39 is 6.10 Å². The predicted octanol–water partition coefficient (Wildman–Crippen LogP) is 3.39. The summed E-state index contributed by atoms with van der Waals surface area (Å²) in [6.07, 6.45) is 1.99. The number of β-amino-alcohol motifs (C(OH)–C–C–N with tert-alkyl or cyclic N) is 1. The van der Waals surface area contributed by atoms with Crippen molar-refractivity contribution in [3.63, 3.8) is 0 Å². The molecule has 116 valence electrons. The molecule has 1 heterocycles. The lowest BCUT2D eigenvalue weighted by molar-refractivity contribution is -0.132. The second-order valence-corrected chi connectivity index (χ2v) is 7.16. The molecule has 1 aliphatic rings. The summed E-state index contributed by atoms with van der Waals surface area (Å²) in [6.45, 7) is 7.90. The second-order valence-electron chi connectivity index (χ2n) is 7.16. The van der Waals surface area contributed by atoms with Gasteiger partial charge >= 0.3 is 0 Å². The molecule has 2 atom stereocenters. The van der Waals surface area contributed by atoms with Crippen LogP contribution in [0.2, 0.25) is 0 Å². The van der Waals surface area contributed by atoms with Crippen molar-refractivity contribution in [3.8, 4) is 0 Å². The van der Waals surface area contributed by atoms with Crippen LogP contribution in [0.25, 0.3) is 0 Å². The van der Waals surface area contributed by atoms with Crippen LogP contribution in [0.4, 0.5) is 0 Å². The molecule has 1 aromatic rings. The highest BCUT2D eigenvalue weighted by Gasteiger charge is 2.30. The van der Waals surface area contributed by atoms with Crippen LogP contribution in [0, 0.1) is 11.3 Å². The molecule has 1 fully saturated rings. The van der Waals surface area contributed by atoms with Gasteiger partial charge in [0.25, 0.3) is 0 Å². The van der Waals surface area contributed by atoms with E-state index in [1.54, 1.807) is 0 Å². The van der Waals surface area contributed by atoms with Gasteiger partial charge in [-0.1, -0.05) is 51.1 Å². The molecule has 0 aromatic heterocycles. The van der Waals surface area contributed by atoms with Crippen molar-refractivity contribution in [1.29, 1.82) is 0 Å². The molecule has 0 radical (unpaired) electrons. The van der Waals surface area contributed by atoms with E-state index >= 15 is 0 Å². The van der Waals surface area contributed by atoms with E-state index in [0.29, 0.717) is 18.9 Å². The van der Waals surface area contributed by atoms with Gasteiger partial charge in [0.1, 0.15) is 0 Å². The van der Waals surface area contributed by atoms with E-state index in [1.807, 2.05) is 35.2 Å². The van der Waals surface area contributed by atoms with Crippen LogP contribution in [0.3, 0.4) is 0 Å². The molecular formula is C18H27NO2. The lowest BCUT2D eigenvalue weighted by atomic mass is 9.77. The van der Waals surface area contributed by atoms with E-state index in [0.717, 1.165) is 24.9 Å². The molecule has 1 aliphatic heterocycles. The molecule has 21 heavy (non-hydrogen) atoms. The molecule has 1 amide bonds. The third-order valence-electron chi connectivity index (χ3n) is 4.61. The predicted molar refractivity (Wildman–Crippen MR) is 84.8 cm³/mol. The van der Waals surface area contributed by atoms with Gasteiger partial charge in [0.15, 0.2) is 0 Å². The van der Waals surface area contributed by atoms with E-state index in [9.17, 15) is 9.90 Å². The molecule has 0 unspecified atom stereocenters. The normalized spacial score (nSPS) is 22.0. The first-order chi connectivity index (χ1) is 9.88. The zero-order valence-corrected chi connectivity index (χ0v) is 13.4. The number of likely N-dealkylation sites (tertiary alicyclic amines) is 1. The van der Waals surface area contributed by atoms with Gasteiger partial charge in [0, 0.05) is 13.0 Å². The van der Waals surface area contributed by atoms with Gasteiger partial charge in [-0.25, -0.2) is 0 Å². The van der Waals surface area contributed by atoms with Crippen molar-refractivity contribution in [2.24, 2.45) is 11.3 Å². The Morgan fingerprint density at radius 3 is 2.52 bits per heavy atom. The number of aliphatic hydroxyl groups is 1. The second kappa shape index (κ2) is 6.61. The smallest absolute Gasteiger partial charge is 0.222 e. The topological polar surface area (TPSA) is 40.5 Å². The average molecular weight is 289 g/mol. The van der Waals surface area contributed by atoms with Crippen molar-refractivity contribution in [3.05, 3.63) is 35.9 Å². The quantitative estimate of drug-likeness (QED) is 0.926. The molecule has 3 heteroatoms. The first-order valence-corrected chi connectivity index (χ1v) is 7.88. The maximum Gasteiger partial charge on any atom is 0.222 e. The molecule has 1 aromatic carbocycles. The lowest BCUT2D eigenvalue weighted by Gasteiger charge is -2.30. The number of benzene rings is 1. The fourth-order valence-corrected chi connectivity index (χ4v) is 3.09. The highest BCUT2D eigenvalue weighted by Crippen LogP contribution is 2.34. The van der Waals surface area contributed by atoms with Gasteiger partial charge in [-0.15, -0.1) is 0 Å². The van der Waals surface area contributed by atoms with Crippen LogP contribution in [0.5, 0.6) is 0 Å². The number of hydrogen-bond donors (Lipinski definition) is 1. The number of hydrogen-bond acceptors (Lipinski definition) is 2. The summed E-state index contributed by atoms with van der Waals surface area (Å²) in [6, 6.07) is 9.58. The zero-order chi connectivity index (χ0) is 15.5. The monoisotopic (exact) mass is 289 g/mol. The molecule has 0 aliphatic carbocycles. The Morgan fingerprint density at radius 2 is 1.90 bits per heavy atom. The number of carbonyl (C=O) groups excluding carboxylic acids is 1. The van der Waals surface area contributed by atoms with Crippen molar-refractivity contribution in [2.75, 3.05) is 13.1 Å². The SMILES string of the molecule is CC(C)(C)[C@H]1CCC(=O)N(C[C@@H](O)c2ccccc2)CC1. The van der Waals surface area contributed by atoms with Crippen LogP contribution < -0.4 is 0 Å². The molecule has 0 bridgehead atoms. The van der Waals surface area contributed by atoms with Gasteiger partial charge in [-0.2, -0.15) is 0 Å². The minimum absolute atomic E-state index is 0.178. The van der Waals surface area contributed by atoms with Crippen molar-refractivity contribution in [1.82, 2.24) is 4.90 Å². The minimum atomic E-state index is -0.596. The number of carbonyl (C=O) groups is 1. The molecule has 3 nitrogen and oxygen atoms in total. The standard InChI is InChI=1S/C18H27NO2/c1-18(2,3)15-9-10-17(21)19(12-11-15)13-16(20)14-7-5-4-6-8-14/h4-8,15-16,20H,9-13H2,1-3H3/t15-,16+/m0/s1. The minimum Gasteiger partial charge on any atom is -0.387 e. The van der Waals surface area contributed by atoms with Gasteiger partial charge in [0.05, 0.1) is 12.6 Å². The van der Waals surface area contributed by atoms with Crippen molar-refractivity contribution in [2.45, 2.75) is 46.1 Å². The molecule has 0 saturated carbocycles. The maximum atomic E-state index is 12.3. The third-order valence-corrected chi connectivity index (χ3v) is 4.61. The molecule has 0 spiro atoms. The molecule has 1 saturated heterocycles. The van der Waals surface area contributed by atoms with Crippen LogP contribution in [-0.2, 0) is 4.79 Å². The third kappa shape index (κ3) is 4.31. The number of aliphatic hydroxyl groups excluding tert-OH is 1. The maximum absolute atomic E-state index is 12.3. The Morgan fingerprint density at radius 1 is 1.24 bits per heavy atom. The summed E-state index contributed by atoms with van der Waals surface area (Å²) >= 11 is 0. The average Bonchev–Trinajstić information content (AvgIpc) is 2.62. The van der Waals surface area contributed by atoms with Crippen molar-refractivity contribution >= 4 is 5.91 Å². The summed E-state index contributed by atoms with van der Waals surface area (Å²) in [5.41, 5.74) is 1.12. The van der Waals surface area contributed by atoms with E-state index in [4.69, 9.17) is 0 Å². The zero-order valence-electron chi connectivity index (χ0n) is 13.4. The van der Waals surface area contributed by atoms with Crippen LogP contribution in [0.1, 0.15) is 51.7 Å². The lowest BCUT2D eigenvalue weighted by Crippen LogP contribution is -2.34. The Balaban J connectivity index is 1.99. The van der Waals surface area contributed by atoms with Gasteiger partial charge in [-0.05, 0) is 29.7 Å².